The third kappa shape index (κ3) is 2.87. The van der Waals surface area contributed by atoms with Gasteiger partial charge in [-0.3, -0.25) is 9.82 Å². The molecule has 3 aromatic rings. The predicted molar refractivity (Wildman–Crippen MR) is 92.4 cm³/mol. The predicted octanol–water partition coefficient (Wildman–Crippen LogP) is 2.74. The fraction of sp³-hybridized carbons (Fsp3) is 0.188. The molecule has 0 aliphatic rings. The van der Waals surface area contributed by atoms with E-state index in [1.54, 1.807) is 18.2 Å². The molecular formula is C16H18N4O2S. The van der Waals surface area contributed by atoms with Gasteiger partial charge in [0, 0.05) is 25.2 Å². The van der Waals surface area contributed by atoms with Crippen LogP contribution in [0.5, 0.6) is 0 Å². The van der Waals surface area contributed by atoms with Crippen molar-refractivity contribution in [2.24, 2.45) is 0 Å². The van der Waals surface area contributed by atoms with Crippen LogP contribution in [-0.4, -0.2) is 32.7 Å². The average Bonchev–Trinajstić information content (AvgIpc) is 2.90. The van der Waals surface area contributed by atoms with Gasteiger partial charge in [-0.25, -0.2) is 8.42 Å². The highest BCUT2D eigenvalue weighted by atomic mass is 32.2. The molecule has 0 amide bonds. The van der Waals surface area contributed by atoms with E-state index in [0.29, 0.717) is 5.82 Å². The number of hydrogen-bond donors (Lipinski definition) is 2. The largest absolute Gasteiger partial charge is 0.377 e. The molecule has 2 N–H and O–H groups in total. The molecule has 0 saturated carbocycles. The lowest BCUT2D eigenvalue weighted by molar-refractivity contribution is 0.601. The van der Waals surface area contributed by atoms with Gasteiger partial charge in [0.15, 0.2) is 5.82 Å². The zero-order valence-corrected chi connectivity index (χ0v) is 14.0. The van der Waals surface area contributed by atoms with Gasteiger partial charge in [-0.15, -0.1) is 0 Å². The Hall–Kier alpha value is -2.54. The molecule has 7 heteroatoms. The summed E-state index contributed by atoms with van der Waals surface area (Å²) in [5.74, 6) is 0.299. The molecule has 1 heterocycles. The van der Waals surface area contributed by atoms with Gasteiger partial charge in [-0.1, -0.05) is 18.2 Å². The van der Waals surface area contributed by atoms with Gasteiger partial charge in [-0.2, -0.15) is 5.10 Å². The molecule has 3 rings (SSSR count). The Balaban J connectivity index is 2.01. The van der Waals surface area contributed by atoms with Gasteiger partial charge >= 0.3 is 0 Å². The number of rotatable bonds is 4. The second-order valence-electron chi connectivity index (χ2n) is 5.57. The summed E-state index contributed by atoms with van der Waals surface area (Å²) in [6, 6.07) is 12.4. The van der Waals surface area contributed by atoms with Crippen molar-refractivity contribution in [1.29, 1.82) is 0 Å². The third-order valence-electron chi connectivity index (χ3n) is 3.67. The lowest BCUT2D eigenvalue weighted by Crippen LogP contribution is -2.16. The van der Waals surface area contributed by atoms with Crippen molar-refractivity contribution in [2.75, 3.05) is 23.7 Å². The van der Waals surface area contributed by atoms with Gasteiger partial charge in [0.25, 0.3) is 10.0 Å². The molecule has 120 valence electrons. The van der Waals surface area contributed by atoms with Crippen molar-refractivity contribution >= 4 is 32.4 Å². The molecule has 0 spiro atoms. The molecule has 6 nitrogen and oxygen atoms in total. The maximum absolute atomic E-state index is 12.6. The van der Waals surface area contributed by atoms with E-state index in [2.05, 4.69) is 14.9 Å². The summed E-state index contributed by atoms with van der Waals surface area (Å²) in [7, 11) is 0.0580. The number of aromatic nitrogens is 2. The van der Waals surface area contributed by atoms with E-state index in [0.717, 1.165) is 22.2 Å². The number of benzene rings is 2. The first kappa shape index (κ1) is 15.4. The van der Waals surface area contributed by atoms with Crippen molar-refractivity contribution in [1.82, 2.24) is 10.2 Å². The number of nitrogens with zero attached hydrogens (tertiary/aromatic N) is 2. The Morgan fingerprint density at radius 2 is 1.87 bits per heavy atom. The molecule has 23 heavy (non-hydrogen) atoms. The first-order chi connectivity index (χ1) is 10.9. The van der Waals surface area contributed by atoms with E-state index >= 15 is 0 Å². The average molecular weight is 330 g/mol. The Morgan fingerprint density at radius 3 is 2.61 bits per heavy atom. The van der Waals surface area contributed by atoms with Crippen LogP contribution in [0.2, 0.25) is 0 Å². The van der Waals surface area contributed by atoms with Gasteiger partial charge in [0.2, 0.25) is 0 Å². The van der Waals surface area contributed by atoms with E-state index in [-0.39, 0.29) is 4.90 Å². The smallest absolute Gasteiger partial charge is 0.263 e. The summed E-state index contributed by atoms with van der Waals surface area (Å²) in [6.07, 6.45) is 0. The number of H-pyrrole nitrogens is 1. The summed E-state index contributed by atoms with van der Waals surface area (Å²) in [5, 5.41) is 7.60. The van der Waals surface area contributed by atoms with Crippen LogP contribution in [-0.2, 0) is 10.0 Å². The molecule has 2 aromatic carbocycles. The number of para-hydroxylation sites is 1. The van der Waals surface area contributed by atoms with Crippen LogP contribution in [0, 0.1) is 6.92 Å². The SMILES string of the molecule is Cc1ccc(S(=O)(=O)Nc2n[nH]c3ccccc23)cc1N(C)C. The number of nitrogens with one attached hydrogen (secondary N) is 2. The number of sulfonamides is 1. The van der Waals surface area contributed by atoms with Crippen molar-refractivity contribution in [2.45, 2.75) is 11.8 Å². The highest BCUT2D eigenvalue weighted by Crippen LogP contribution is 2.26. The second kappa shape index (κ2) is 5.58. The molecule has 0 atom stereocenters. The Morgan fingerprint density at radius 1 is 1.13 bits per heavy atom. The highest BCUT2D eigenvalue weighted by molar-refractivity contribution is 7.92. The number of fused-ring (bicyclic) bond motifs is 1. The molecule has 0 bridgehead atoms. The van der Waals surface area contributed by atoms with Gasteiger partial charge in [0.1, 0.15) is 0 Å². The minimum Gasteiger partial charge on any atom is -0.377 e. The van der Waals surface area contributed by atoms with Crippen molar-refractivity contribution < 1.29 is 8.42 Å². The highest BCUT2D eigenvalue weighted by Gasteiger charge is 2.18. The number of hydrogen-bond acceptors (Lipinski definition) is 4. The minimum absolute atomic E-state index is 0.207. The van der Waals surface area contributed by atoms with E-state index in [4.69, 9.17) is 0 Å². The second-order valence-corrected chi connectivity index (χ2v) is 7.25. The lowest BCUT2D eigenvalue weighted by atomic mass is 10.2. The third-order valence-corrected chi connectivity index (χ3v) is 5.01. The number of aryl methyl sites for hydroxylation is 1. The molecular weight excluding hydrogens is 312 g/mol. The van der Waals surface area contributed by atoms with Crippen LogP contribution in [0.3, 0.4) is 0 Å². The van der Waals surface area contributed by atoms with Gasteiger partial charge in [0.05, 0.1) is 10.4 Å². The van der Waals surface area contributed by atoms with Crippen LogP contribution >= 0.6 is 0 Å². The van der Waals surface area contributed by atoms with Crippen molar-refractivity contribution in [3.8, 4) is 0 Å². The quantitative estimate of drug-likeness (QED) is 0.771. The van der Waals surface area contributed by atoms with Gasteiger partial charge in [-0.05, 0) is 36.8 Å². The maximum atomic E-state index is 12.6. The van der Waals surface area contributed by atoms with E-state index in [1.165, 1.54) is 0 Å². The molecule has 0 unspecified atom stereocenters. The van der Waals surface area contributed by atoms with E-state index in [9.17, 15) is 8.42 Å². The monoisotopic (exact) mass is 330 g/mol. The first-order valence-corrected chi connectivity index (χ1v) is 8.61. The molecule has 1 aromatic heterocycles. The Kier molecular flexibility index (Phi) is 3.73. The summed E-state index contributed by atoms with van der Waals surface area (Å²) < 4.78 is 27.8. The Bertz CT molecular complexity index is 961. The van der Waals surface area contributed by atoms with Crippen molar-refractivity contribution in [3.63, 3.8) is 0 Å². The minimum atomic E-state index is -3.71. The summed E-state index contributed by atoms with van der Waals surface area (Å²) >= 11 is 0. The fourth-order valence-electron chi connectivity index (χ4n) is 2.47. The zero-order valence-electron chi connectivity index (χ0n) is 13.2. The van der Waals surface area contributed by atoms with Crippen molar-refractivity contribution in [3.05, 3.63) is 48.0 Å². The molecule has 0 saturated heterocycles. The fourth-order valence-corrected chi connectivity index (χ4v) is 3.51. The summed E-state index contributed by atoms with van der Waals surface area (Å²) in [5.41, 5.74) is 2.65. The standard InChI is InChI=1S/C16H18N4O2S/c1-11-8-9-12(10-15(11)20(2)3)23(21,22)19-16-13-6-4-5-7-14(13)17-18-16/h4-10H,1-3H3,(H2,17,18,19). The number of anilines is 2. The van der Waals surface area contributed by atoms with Crippen LogP contribution < -0.4 is 9.62 Å². The molecule has 0 aliphatic carbocycles. The summed E-state index contributed by atoms with van der Waals surface area (Å²) in [4.78, 5) is 2.09. The van der Waals surface area contributed by atoms with Crippen LogP contribution in [0.15, 0.2) is 47.4 Å². The maximum Gasteiger partial charge on any atom is 0.263 e. The van der Waals surface area contributed by atoms with Crippen LogP contribution in [0.25, 0.3) is 10.9 Å². The van der Waals surface area contributed by atoms with Crippen LogP contribution in [0.4, 0.5) is 11.5 Å². The topological polar surface area (TPSA) is 78.1 Å². The van der Waals surface area contributed by atoms with E-state index < -0.39 is 10.0 Å². The van der Waals surface area contributed by atoms with Crippen LogP contribution in [0.1, 0.15) is 5.56 Å². The zero-order chi connectivity index (χ0) is 16.6. The molecule has 0 radical (unpaired) electrons. The molecule has 0 aliphatic heterocycles. The normalized spacial score (nSPS) is 11.6. The first-order valence-electron chi connectivity index (χ1n) is 7.12. The Labute approximate surface area is 135 Å². The number of aromatic amines is 1. The lowest BCUT2D eigenvalue weighted by Gasteiger charge is -2.17. The molecule has 0 fully saturated rings. The van der Waals surface area contributed by atoms with Gasteiger partial charge < -0.3 is 4.90 Å². The van der Waals surface area contributed by atoms with E-state index in [1.807, 2.05) is 50.2 Å². The summed E-state index contributed by atoms with van der Waals surface area (Å²) in [6.45, 7) is 1.94.